The highest BCUT2D eigenvalue weighted by molar-refractivity contribution is 6.30. The normalized spacial score (nSPS) is 18.9. The van der Waals surface area contributed by atoms with Crippen molar-refractivity contribution in [2.24, 2.45) is 5.92 Å². The van der Waals surface area contributed by atoms with Crippen LogP contribution in [0.2, 0.25) is 5.02 Å². The van der Waals surface area contributed by atoms with Crippen molar-refractivity contribution in [3.05, 3.63) is 17.4 Å². The molecule has 1 aromatic heterocycles. The molecule has 18 heavy (non-hydrogen) atoms. The van der Waals surface area contributed by atoms with Crippen molar-refractivity contribution in [3.63, 3.8) is 0 Å². The minimum atomic E-state index is -0.0654. The molecule has 1 atom stereocenters. The number of rotatable bonds is 3. The summed E-state index contributed by atoms with van der Waals surface area (Å²) in [4.78, 5) is 16.4. The van der Waals surface area contributed by atoms with Crippen molar-refractivity contribution < 1.29 is 4.79 Å². The van der Waals surface area contributed by atoms with E-state index in [2.05, 4.69) is 17.0 Å². The highest BCUT2D eigenvalue weighted by Crippen LogP contribution is 2.11. The summed E-state index contributed by atoms with van der Waals surface area (Å²) < 4.78 is 1.72. The van der Waals surface area contributed by atoms with Gasteiger partial charge >= 0.3 is 0 Å². The Morgan fingerprint density at radius 3 is 2.67 bits per heavy atom. The van der Waals surface area contributed by atoms with E-state index < -0.39 is 0 Å². The van der Waals surface area contributed by atoms with Gasteiger partial charge in [-0.3, -0.25) is 9.48 Å². The third-order valence-corrected chi connectivity index (χ3v) is 3.49. The van der Waals surface area contributed by atoms with Gasteiger partial charge < -0.3 is 9.80 Å². The van der Waals surface area contributed by atoms with Crippen LogP contribution in [-0.2, 0) is 11.3 Å². The molecule has 1 aliphatic rings. The number of likely N-dealkylation sites (N-methyl/N-ethyl adjacent to an activating group) is 1. The van der Waals surface area contributed by atoms with Crippen molar-refractivity contribution in [2.45, 2.75) is 13.5 Å². The van der Waals surface area contributed by atoms with Gasteiger partial charge in [0.05, 0.1) is 23.7 Å². The van der Waals surface area contributed by atoms with E-state index >= 15 is 0 Å². The number of halogens is 1. The molecular formula is C12H19ClN4O. The zero-order chi connectivity index (χ0) is 13.1. The first-order chi connectivity index (χ1) is 8.56. The summed E-state index contributed by atoms with van der Waals surface area (Å²) in [5.41, 5.74) is 0. The number of hydrogen-bond acceptors (Lipinski definition) is 3. The second-order valence-corrected chi connectivity index (χ2v) is 5.35. The fourth-order valence-corrected chi connectivity index (χ4v) is 2.29. The Morgan fingerprint density at radius 1 is 1.44 bits per heavy atom. The standard InChI is InChI=1S/C12H19ClN4O/c1-10(8-17-9-11(13)7-14-17)12(18)16-5-3-15(2)4-6-16/h7,9-10H,3-6,8H2,1-2H3/t10-/m0/s1. The van der Waals surface area contributed by atoms with Crippen molar-refractivity contribution in [2.75, 3.05) is 33.2 Å². The molecule has 1 aliphatic heterocycles. The Kier molecular flexibility index (Phi) is 4.24. The maximum Gasteiger partial charge on any atom is 0.227 e. The van der Waals surface area contributed by atoms with Crippen LogP contribution in [0.5, 0.6) is 0 Å². The fourth-order valence-electron chi connectivity index (χ4n) is 2.14. The number of carbonyl (C=O) groups excluding carboxylic acids is 1. The van der Waals surface area contributed by atoms with Crippen LogP contribution in [0.4, 0.5) is 0 Å². The summed E-state index contributed by atoms with van der Waals surface area (Å²) >= 11 is 5.80. The van der Waals surface area contributed by atoms with Crippen molar-refractivity contribution >= 4 is 17.5 Å². The third kappa shape index (κ3) is 3.23. The van der Waals surface area contributed by atoms with Crippen molar-refractivity contribution in [1.82, 2.24) is 19.6 Å². The van der Waals surface area contributed by atoms with Gasteiger partial charge in [0.1, 0.15) is 0 Å². The average molecular weight is 271 g/mol. The van der Waals surface area contributed by atoms with E-state index in [1.807, 2.05) is 11.8 Å². The lowest BCUT2D eigenvalue weighted by atomic mass is 10.1. The fraction of sp³-hybridized carbons (Fsp3) is 0.667. The topological polar surface area (TPSA) is 41.4 Å². The molecule has 0 aromatic carbocycles. The van der Waals surface area contributed by atoms with Gasteiger partial charge in [0.25, 0.3) is 0 Å². The van der Waals surface area contributed by atoms with Crippen LogP contribution in [0.15, 0.2) is 12.4 Å². The largest absolute Gasteiger partial charge is 0.340 e. The summed E-state index contributed by atoms with van der Waals surface area (Å²) in [5.74, 6) is 0.138. The van der Waals surface area contributed by atoms with E-state index in [1.165, 1.54) is 0 Å². The molecule has 5 nitrogen and oxygen atoms in total. The second-order valence-electron chi connectivity index (χ2n) is 4.91. The molecule has 1 amide bonds. The zero-order valence-corrected chi connectivity index (χ0v) is 11.6. The van der Waals surface area contributed by atoms with Gasteiger partial charge in [-0.1, -0.05) is 18.5 Å². The Balaban J connectivity index is 1.88. The molecule has 0 radical (unpaired) electrons. The van der Waals surface area contributed by atoms with Crippen LogP contribution in [0.25, 0.3) is 0 Å². The Hall–Kier alpha value is -1.07. The first-order valence-electron chi connectivity index (χ1n) is 6.21. The van der Waals surface area contributed by atoms with Gasteiger partial charge in [0.15, 0.2) is 0 Å². The Morgan fingerprint density at radius 2 is 2.11 bits per heavy atom. The lowest BCUT2D eigenvalue weighted by Gasteiger charge is -2.34. The molecule has 0 aliphatic carbocycles. The van der Waals surface area contributed by atoms with Crippen LogP contribution < -0.4 is 0 Å². The monoisotopic (exact) mass is 270 g/mol. The molecule has 0 unspecified atom stereocenters. The summed E-state index contributed by atoms with van der Waals surface area (Å²) in [5, 5.41) is 4.71. The number of nitrogens with zero attached hydrogens (tertiary/aromatic N) is 4. The Labute approximate surface area is 112 Å². The molecule has 100 valence electrons. The molecule has 6 heteroatoms. The maximum atomic E-state index is 12.2. The van der Waals surface area contributed by atoms with Crippen molar-refractivity contribution in [1.29, 1.82) is 0 Å². The van der Waals surface area contributed by atoms with E-state index in [1.54, 1.807) is 17.1 Å². The van der Waals surface area contributed by atoms with Crippen LogP contribution in [-0.4, -0.2) is 58.7 Å². The molecule has 1 aromatic rings. The Bertz CT molecular complexity index is 412. The number of piperazine rings is 1. The lowest BCUT2D eigenvalue weighted by molar-refractivity contribution is -0.137. The highest BCUT2D eigenvalue weighted by atomic mass is 35.5. The summed E-state index contributed by atoms with van der Waals surface area (Å²) in [6.07, 6.45) is 3.34. The average Bonchev–Trinajstić information content (AvgIpc) is 2.75. The molecule has 1 fully saturated rings. The van der Waals surface area contributed by atoms with Crippen LogP contribution in [0, 0.1) is 5.92 Å². The highest BCUT2D eigenvalue weighted by Gasteiger charge is 2.23. The smallest absolute Gasteiger partial charge is 0.227 e. The minimum absolute atomic E-state index is 0.0654. The molecule has 0 N–H and O–H groups in total. The quantitative estimate of drug-likeness (QED) is 0.821. The predicted octanol–water partition coefficient (Wildman–Crippen LogP) is 0.947. The number of carbonyl (C=O) groups is 1. The second kappa shape index (κ2) is 5.71. The third-order valence-electron chi connectivity index (χ3n) is 3.30. The molecule has 0 spiro atoms. The number of amides is 1. The minimum Gasteiger partial charge on any atom is -0.340 e. The molecule has 0 bridgehead atoms. The molecule has 2 rings (SSSR count). The van der Waals surface area contributed by atoms with Crippen molar-refractivity contribution in [3.8, 4) is 0 Å². The van der Waals surface area contributed by atoms with Gasteiger partial charge in [0, 0.05) is 32.4 Å². The SMILES string of the molecule is C[C@@H](Cn1cc(Cl)cn1)C(=O)N1CCN(C)CC1. The van der Waals surface area contributed by atoms with E-state index in [4.69, 9.17) is 11.6 Å². The number of hydrogen-bond donors (Lipinski definition) is 0. The number of aromatic nitrogens is 2. The lowest BCUT2D eigenvalue weighted by Crippen LogP contribution is -2.49. The first-order valence-corrected chi connectivity index (χ1v) is 6.59. The van der Waals surface area contributed by atoms with E-state index in [-0.39, 0.29) is 11.8 Å². The predicted molar refractivity (Wildman–Crippen MR) is 70.5 cm³/mol. The maximum absolute atomic E-state index is 12.2. The van der Waals surface area contributed by atoms with Gasteiger partial charge in [0.2, 0.25) is 5.91 Å². The van der Waals surface area contributed by atoms with E-state index in [9.17, 15) is 4.79 Å². The van der Waals surface area contributed by atoms with Gasteiger partial charge in [-0.05, 0) is 7.05 Å². The molecule has 1 saturated heterocycles. The van der Waals surface area contributed by atoms with Gasteiger partial charge in [-0.25, -0.2) is 0 Å². The summed E-state index contributed by atoms with van der Waals surface area (Å²) in [6.45, 7) is 6.06. The van der Waals surface area contributed by atoms with Gasteiger partial charge in [-0.2, -0.15) is 5.10 Å². The molecule has 0 saturated carbocycles. The molecule has 2 heterocycles. The summed E-state index contributed by atoms with van der Waals surface area (Å²) in [6, 6.07) is 0. The zero-order valence-electron chi connectivity index (χ0n) is 10.8. The van der Waals surface area contributed by atoms with E-state index in [0.717, 1.165) is 26.2 Å². The van der Waals surface area contributed by atoms with E-state index in [0.29, 0.717) is 11.6 Å². The van der Waals surface area contributed by atoms with Gasteiger partial charge in [-0.15, -0.1) is 0 Å². The van der Waals surface area contributed by atoms with Crippen LogP contribution in [0.1, 0.15) is 6.92 Å². The summed E-state index contributed by atoms with van der Waals surface area (Å²) in [7, 11) is 2.08. The molecular weight excluding hydrogens is 252 g/mol. The van der Waals surface area contributed by atoms with Crippen LogP contribution >= 0.6 is 11.6 Å². The first kappa shape index (κ1) is 13.4. The van der Waals surface area contributed by atoms with Crippen LogP contribution in [0.3, 0.4) is 0 Å².